The molecule has 0 aromatic heterocycles. The minimum absolute atomic E-state index is 0. The van der Waals surface area contributed by atoms with Crippen molar-refractivity contribution in [3.63, 3.8) is 0 Å². The number of amides is 1. The summed E-state index contributed by atoms with van der Waals surface area (Å²) in [6.07, 6.45) is 0.568. The summed E-state index contributed by atoms with van der Waals surface area (Å²) in [5.41, 5.74) is 1.37. The number of aryl methyl sites for hydroxylation is 1. The van der Waals surface area contributed by atoms with E-state index in [-0.39, 0.29) is 63.5 Å². The largest absolute Gasteiger partial charge is 1.00 e. The van der Waals surface area contributed by atoms with Crippen LogP contribution < -0.4 is 62.0 Å². The Hall–Kier alpha value is -1.24. The third-order valence-electron chi connectivity index (χ3n) is 8.03. The zero-order chi connectivity index (χ0) is 30.1. The molecule has 1 N–H and O–H groups in total. The first-order chi connectivity index (χ1) is 18.4. The molecule has 10 heteroatoms. The van der Waals surface area contributed by atoms with Crippen LogP contribution in [-0.4, -0.2) is 52.5 Å². The van der Waals surface area contributed by atoms with Crippen LogP contribution in [0.1, 0.15) is 91.0 Å². The van der Waals surface area contributed by atoms with Crippen molar-refractivity contribution >= 4 is 24.6 Å². The molecule has 2 fully saturated rings. The molecule has 41 heavy (non-hydrogen) atoms. The summed E-state index contributed by atoms with van der Waals surface area (Å²) in [5, 5.41) is 19.5. The van der Waals surface area contributed by atoms with Crippen LogP contribution in [-0.2, 0) is 24.4 Å². The zero-order valence-electron chi connectivity index (χ0n) is 26.2. The van der Waals surface area contributed by atoms with E-state index in [0.717, 1.165) is 29.1 Å². The van der Waals surface area contributed by atoms with E-state index in [2.05, 4.69) is 19.1 Å². The van der Waals surface area contributed by atoms with Crippen LogP contribution >= 0.6 is 0 Å². The number of hydrogen-bond acceptors (Lipinski definition) is 7. The Balaban J connectivity index is 0.00000110. The number of cyclic esters (lactones) is 1. The Bertz CT molecular complexity index is 1190. The first-order valence-electron chi connectivity index (χ1n) is 13.8. The Labute approximate surface area is 287 Å². The molecule has 8 nitrogen and oxygen atoms in total. The third kappa shape index (κ3) is 8.66. The SMILES string of the molecule is CC(=O)[O-].Cc1cc(B2OC(C)(C)C(C)(C)O2)ccc1[C@H](C)N1CC[C@](CC(C)(C)O)(c2ccccc2)OC1=O.[K+]. The number of aliphatic carboxylic acids is 1. The van der Waals surface area contributed by atoms with Crippen molar-refractivity contribution in [2.24, 2.45) is 0 Å². The normalized spacial score (nSPS) is 22.1. The van der Waals surface area contributed by atoms with Crippen LogP contribution in [0.25, 0.3) is 0 Å². The number of aliphatic hydroxyl groups is 1. The van der Waals surface area contributed by atoms with Gasteiger partial charge in [0.25, 0.3) is 0 Å². The fraction of sp³-hybridized carbons (Fsp3) is 0.548. The molecule has 2 heterocycles. The predicted octanol–water partition coefficient (Wildman–Crippen LogP) is 1.01. The van der Waals surface area contributed by atoms with Crippen LogP contribution in [0.2, 0.25) is 0 Å². The number of hydrogen-bond donors (Lipinski definition) is 1. The van der Waals surface area contributed by atoms with Gasteiger partial charge in [0.1, 0.15) is 5.60 Å². The number of rotatable bonds is 6. The van der Waals surface area contributed by atoms with Gasteiger partial charge in [0.2, 0.25) is 0 Å². The molecule has 0 radical (unpaired) electrons. The van der Waals surface area contributed by atoms with E-state index in [0.29, 0.717) is 19.4 Å². The van der Waals surface area contributed by atoms with Crippen molar-refractivity contribution in [1.29, 1.82) is 0 Å². The summed E-state index contributed by atoms with van der Waals surface area (Å²) in [6.45, 7) is 17.3. The molecule has 218 valence electrons. The number of benzene rings is 2. The first kappa shape index (κ1) is 36.0. The molecule has 2 aliphatic rings. The van der Waals surface area contributed by atoms with E-state index in [4.69, 9.17) is 23.9 Å². The second kappa shape index (κ2) is 13.6. The third-order valence-corrected chi connectivity index (χ3v) is 8.03. The van der Waals surface area contributed by atoms with Crippen molar-refractivity contribution in [3.05, 3.63) is 65.2 Å². The molecule has 0 saturated carbocycles. The fourth-order valence-electron chi connectivity index (χ4n) is 5.35. The molecular weight excluding hydrogens is 548 g/mol. The standard InChI is InChI=1S/C29H40BNO5.C2H4O2.K/c1-20-18-23(30-35-27(5,6)28(7,8)36-30)14-15-24(20)21(2)31-17-16-29(34-25(31)32,19-26(3,4)33)22-12-10-9-11-13-22;1-2(3)4;/h9-15,18,21,33H,16-17,19H2,1-8H3;1H3,(H,3,4);/q;;+1/p-1/t21-,29-;;/m0../s1. The van der Waals surface area contributed by atoms with Crippen LogP contribution in [0.5, 0.6) is 0 Å². The molecule has 2 atom stereocenters. The molecule has 2 aromatic carbocycles. The second-order valence-corrected chi connectivity index (χ2v) is 12.5. The Morgan fingerprint density at radius 2 is 1.63 bits per heavy atom. The zero-order valence-corrected chi connectivity index (χ0v) is 29.4. The van der Waals surface area contributed by atoms with Gasteiger partial charge in [0.05, 0.1) is 22.8 Å². The maximum Gasteiger partial charge on any atom is 1.00 e. The topological polar surface area (TPSA) is 108 Å². The summed E-state index contributed by atoms with van der Waals surface area (Å²) >= 11 is 0. The van der Waals surface area contributed by atoms with E-state index in [9.17, 15) is 9.90 Å². The summed E-state index contributed by atoms with van der Waals surface area (Å²) in [6, 6.07) is 15.8. The number of carboxylic acids is 1. The average Bonchev–Trinajstić information content (AvgIpc) is 3.04. The molecular formula is C31H43BKNO7. The molecule has 2 aliphatic heterocycles. The summed E-state index contributed by atoms with van der Waals surface area (Å²) < 4.78 is 18.6. The monoisotopic (exact) mass is 591 g/mol. The smallest absolute Gasteiger partial charge is 0.550 e. The van der Waals surface area contributed by atoms with Crippen LogP contribution in [0.4, 0.5) is 4.79 Å². The van der Waals surface area contributed by atoms with Crippen molar-refractivity contribution in [2.45, 2.75) is 104 Å². The Morgan fingerprint density at radius 1 is 1.10 bits per heavy atom. The average molecular weight is 592 g/mol. The molecule has 2 aromatic rings. The van der Waals surface area contributed by atoms with Gasteiger partial charge in [-0.2, -0.15) is 0 Å². The predicted molar refractivity (Wildman–Crippen MR) is 153 cm³/mol. The summed E-state index contributed by atoms with van der Waals surface area (Å²) in [7, 11) is -0.425. The number of nitrogens with zero attached hydrogens (tertiary/aromatic N) is 1. The van der Waals surface area contributed by atoms with Crippen LogP contribution in [0.15, 0.2) is 48.5 Å². The van der Waals surface area contributed by atoms with E-state index < -0.39 is 35.5 Å². The number of carboxylic acid groups (broad SMARTS) is 1. The summed E-state index contributed by atoms with van der Waals surface area (Å²) in [5.74, 6) is -1.08. The molecule has 1 amide bonds. The molecule has 0 bridgehead atoms. The molecule has 0 spiro atoms. The quantitative estimate of drug-likeness (QED) is 0.500. The van der Waals surface area contributed by atoms with Crippen LogP contribution in [0, 0.1) is 6.92 Å². The van der Waals surface area contributed by atoms with E-state index >= 15 is 0 Å². The maximum absolute atomic E-state index is 13.4. The van der Waals surface area contributed by atoms with Gasteiger partial charge in [0.15, 0.2) is 0 Å². The van der Waals surface area contributed by atoms with E-state index in [1.54, 1.807) is 18.7 Å². The Morgan fingerprint density at radius 3 is 2.10 bits per heavy atom. The number of carbonyl (C=O) groups is 2. The van der Waals surface area contributed by atoms with Gasteiger partial charge in [-0.3, -0.25) is 0 Å². The van der Waals surface area contributed by atoms with Gasteiger partial charge in [-0.05, 0) is 84.5 Å². The van der Waals surface area contributed by atoms with Crippen molar-refractivity contribution in [3.8, 4) is 0 Å². The van der Waals surface area contributed by atoms with Crippen molar-refractivity contribution in [1.82, 2.24) is 4.90 Å². The second-order valence-electron chi connectivity index (χ2n) is 12.5. The van der Waals surface area contributed by atoms with E-state index in [1.807, 2.05) is 71.0 Å². The van der Waals surface area contributed by atoms with Gasteiger partial charge in [0, 0.05) is 25.4 Å². The molecule has 4 rings (SSSR count). The molecule has 0 aliphatic carbocycles. The summed E-state index contributed by atoms with van der Waals surface area (Å²) in [4.78, 5) is 24.1. The Kier molecular flexibility index (Phi) is 11.9. The maximum atomic E-state index is 13.4. The van der Waals surface area contributed by atoms with Crippen molar-refractivity contribution < 1.29 is 85.2 Å². The molecule has 2 saturated heterocycles. The van der Waals surface area contributed by atoms with Gasteiger partial charge in [-0.25, -0.2) is 4.79 Å². The van der Waals surface area contributed by atoms with E-state index in [1.165, 1.54) is 0 Å². The number of carbonyl (C=O) groups excluding carboxylic acids is 2. The van der Waals surface area contributed by atoms with Gasteiger partial charge < -0.3 is 34.0 Å². The fourth-order valence-corrected chi connectivity index (χ4v) is 5.35. The molecule has 0 unspecified atom stereocenters. The van der Waals surface area contributed by atoms with Gasteiger partial charge in [-0.15, -0.1) is 0 Å². The van der Waals surface area contributed by atoms with Gasteiger partial charge in [-0.1, -0.05) is 48.5 Å². The van der Waals surface area contributed by atoms with Gasteiger partial charge >= 0.3 is 64.6 Å². The first-order valence-corrected chi connectivity index (χ1v) is 13.8. The minimum atomic E-state index is -1.08. The minimum Gasteiger partial charge on any atom is -0.550 e. The number of ether oxygens (including phenoxy) is 1. The van der Waals surface area contributed by atoms with Crippen LogP contribution in [0.3, 0.4) is 0 Å². The van der Waals surface area contributed by atoms with Crippen molar-refractivity contribution in [2.75, 3.05) is 6.54 Å².